The zero-order valence-electron chi connectivity index (χ0n) is 23.9. The molecule has 0 N–H and O–H groups in total. The molecule has 0 radical (unpaired) electrons. The summed E-state index contributed by atoms with van der Waals surface area (Å²) in [4.78, 5) is 56.0. The summed E-state index contributed by atoms with van der Waals surface area (Å²) in [6.45, 7) is 23.0. The first-order valence-electron chi connectivity index (χ1n) is 11.9. The summed E-state index contributed by atoms with van der Waals surface area (Å²) < 4.78 is 30.5. The van der Waals surface area contributed by atoms with Gasteiger partial charge in [-0.25, -0.2) is 33.9 Å². The molecule has 0 amide bonds. The fourth-order valence-corrected chi connectivity index (χ4v) is 2.09. The summed E-state index contributed by atoms with van der Waals surface area (Å²) in [5.41, 5.74) is -1.13. The van der Waals surface area contributed by atoms with E-state index in [0.29, 0.717) is 0 Å². The molecule has 0 heterocycles. The lowest BCUT2D eigenvalue weighted by molar-refractivity contribution is -0.343. The number of carbonyl (C=O) groups is 3. The fraction of sp³-hybridized carbons (Fsp3) is 0.720. The van der Waals surface area contributed by atoms with Crippen LogP contribution in [0, 0.1) is 0 Å². The molecule has 220 valence electrons. The molecule has 38 heavy (non-hydrogen) atoms. The second-order valence-corrected chi connectivity index (χ2v) is 9.96. The van der Waals surface area contributed by atoms with Gasteiger partial charge in [0.05, 0.1) is 22.3 Å². The fourth-order valence-electron chi connectivity index (χ4n) is 2.09. The number of hydrogen-bond donors (Lipinski definition) is 0. The lowest BCUT2D eigenvalue weighted by Gasteiger charge is -2.22. The molecule has 0 aromatic rings. The van der Waals surface area contributed by atoms with Crippen LogP contribution in [0.25, 0.3) is 0 Å². The Morgan fingerprint density at radius 3 is 1.16 bits per heavy atom. The third-order valence-electron chi connectivity index (χ3n) is 3.50. The van der Waals surface area contributed by atoms with Crippen LogP contribution in [0.15, 0.2) is 24.3 Å². The Labute approximate surface area is 224 Å². The van der Waals surface area contributed by atoms with Gasteiger partial charge in [-0.3, -0.25) is 0 Å². The number of esters is 2. The first kappa shape index (κ1) is 35.5. The van der Waals surface area contributed by atoms with Gasteiger partial charge in [-0.1, -0.05) is 13.2 Å². The maximum absolute atomic E-state index is 12.0. The molecule has 4 unspecified atom stereocenters. The highest BCUT2D eigenvalue weighted by atomic mass is 17.2. The third kappa shape index (κ3) is 18.7. The Kier molecular flexibility index (Phi) is 15.3. The first-order chi connectivity index (χ1) is 17.3. The third-order valence-corrected chi connectivity index (χ3v) is 3.50. The van der Waals surface area contributed by atoms with Crippen molar-refractivity contribution < 1.29 is 62.4 Å². The highest BCUT2D eigenvalue weighted by molar-refractivity contribution is 5.88. The largest absolute Gasteiger partial charge is 0.512 e. The topological polar surface area (TPSA) is 144 Å². The molecule has 4 atom stereocenters. The summed E-state index contributed by atoms with van der Waals surface area (Å²) in [5, 5.41) is 0. The van der Waals surface area contributed by atoms with Crippen LogP contribution >= 0.6 is 0 Å². The van der Waals surface area contributed by atoms with Crippen molar-refractivity contribution in [1.82, 2.24) is 0 Å². The predicted molar refractivity (Wildman–Crippen MR) is 132 cm³/mol. The van der Waals surface area contributed by atoms with Crippen LogP contribution in [0.4, 0.5) is 4.79 Å². The average Bonchev–Trinajstić information content (AvgIpc) is 2.70. The molecule has 0 aromatic carbocycles. The Bertz CT molecular complexity index is 730. The van der Waals surface area contributed by atoms with Gasteiger partial charge in [-0.2, -0.15) is 0 Å². The molecule has 0 aromatic heterocycles. The summed E-state index contributed by atoms with van der Waals surface area (Å²) in [5.74, 6) is -1.57. The second-order valence-electron chi connectivity index (χ2n) is 9.96. The van der Waals surface area contributed by atoms with Crippen molar-refractivity contribution in [3.8, 4) is 0 Å². The summed E-state index contributed by atoms with van der Waals surface area (Å²) >= 11 is 0. The maximum Gasteiger partial charge on any atom is 0.512 e. The Balaban J connectivity index is 4.33. The van der Waals surface area contributed by atoms with E-state index in [-0.39, 0.29) is 24.4 Å². The van der Waals surface area contributed by atoms with Gasteiger partial charge in [-0.15, -0.1) is 0 Å². The molecular formula is C25H42O13. The van der Waals surface area contributed by atoms with Crippen molar-refractivity contribution in [2.24, 2.45) is 0 Å². The van der Waals surface area contributed by atoms with Crippen LogP contribution in [0.5, 0.6) is 0 Å². The average molecular weight is 551 g/mol. The van der Waals surface area contributed by atoms with E-state index in [1.165, 1.54) is 27.7 Å². The van der Waals surface area contributed by atoms with Gasteiger partial charge in [0.25, 0.3) is 0 Å². The monoisotopic (exact) mass is 550 g/mol. The molecule has 0 fully saturated rings. The van der Waals surface area contributed by atoms with Crippen LogP contribution in [-0.4, -0.2) is 67.7 Å². The minimum atomic E-state index is -1.15. The van der Waals surface area contributed by atoms with Crippen LogP contribution in [0.2, 0.25) is 0 Å². The SMILES string of the molecule is C=C(COOC(C)(C)C)C(=O)OC(C)OC(C)OC(=O)OC(C)OC(C)OC(=O)C(=C)COOC(C)(C)C. The molecule has 13 nitrogen and oxygen atoms in total. The molecule has 0 aliphatic heterocycles. The van der Waals surface area contributed by atoms with Crippen molar-refractivity contribution in [2.45, 2.75) is 106 Å². The Hall–Kier alpha value is -2.55. The van der Waals surface area contributed by atoms with E-state index in [1.807, 2.05) is 0 Å². The Morgan fingerprint density at radius 1 is 0.579 bits per heavy atom. The lowest BCUT2D eigenvalue weighted by atomic mass is 10.2. The smallest absolute Gasteiger partial charge is 0.433 e. The zero-order chi connectivity index (χ0) is 29.7. The number of ether oxygens (including phenoxy) is 6. The molecule has 0 spiro atoms. The molecule has 13 heteroatoms. The van der Waals surface area contributed by atoms with Gasteiger partial charge in [0.2, 0.25) is 25.2 Å². The van der Waals surface area contributed by atoms with Crippen molar-refractivity contribution in [3.05, 3.63) is 24.3 Å². The lowest BCUT2D eigenvalue weighted by Crippen LogP contribution is -2.31. The minimum absolute atomic E-state index is 0.00665. The normalized spacial score (nSPS) is 15.0. The van der Waals surface area contributed by atoms with Gasteiger partial charge in [0, 0.05) is 0 Å². The van der Waals surface area contributed by atoms with Gasteiger partial charge in [-0.05, 0) is 69.2 Å². The van der Waals surface area contributed by atoms with Gasteiger partial charge in [0.1, 0.15) is 13.2 Å². The second kappa shape index (κ2) is 16.4. The van der Waals surface area contributed by atoms with Gasteiger partial charge < -0.3 is 28.4 Å². The summed E-state index contributed by atoms with van der Waals surface area (Å²) in [6, 6.07) is 0. The van der Waals surface area contributed by atoms with E-state index in [0.717, 1.165) is 0 Å². The van der Waals surface area contributed by atoms with E-state index in [9.17, 15) is 14.4 Å². The molecule has 0 aliphatic rings. The minimum Gasteiger partial charge on any atom is -0.433 e. The van der Waals surface area contributed by atoms with Crippen molar-refractivity contribution in [2.75, 3.05) is 13.2 Å². The summed E-state index contributed by atoms with van der Waals surface area (Å²) in [7, 11) is 0. The first-order valence-corrected chi connectivity index (χ1v) is 11.9. The van der Waals surface area contributed by atoms with Crippen molar-refractivity contribution >= 4 is 18.1 Å². The quantitative estimate of drug-likeness (QED) is 0.0675. The van der Waals surface area contributed by atoms with Crippen LogP contribution < -0.4 is 0 Å². The van der Waals surface area contributed by atoms with Gasteiger partial charge in [0.15, 0.2) is 0 Å². The number of rotatable bonds is 16. The molecule has 0 aliphatic carbocycles. The number of carbonyl (C=O) groups excluding carboxylic acids is 3. The van der Waals surface area contributed by atoms with E-state index < -0.39 is 54.5 Å². The standard InChI is InChI=1S/C25H42O13/c1-15(13-29-37-24(7,8)9)21(26)33-17(3)31-19(5)35-23(28)36-20(6)32-18(4)34-22(27)16(2)14-30-38-25(10,11)12/h17-20H,1-2,13-14H2,3-12H3. The molecule has 0 saturated heterocycles. The molecular weight excluding hydrogens is 508 g/mol. The van der Waals surface area contributed by atoms with Crippen LogP contribution in [0.1, 0.15) is 69.2 Å². The molecule has 0 rings (SSSR count). The van der Waals surface area contributed by atoms with E-state index in [4.69, 9.17) is 48.0 Å². The highest BCUT2D eigenvalue weighted by Crippen LogP contribution is 2.12. The van der Waals surface area contributed by atoms with E-state index >= 15 is 0 Å². The summed E-state index contributed by atoms with van der Waals surface area (Å²) in [6.07, 6.45) is -5.63. The van der Waals surface area contributed by atoms with E-state index in [1.54, 1.807) is 41.5 Å². The van der Waals surface area contributed by atoms with Crippen molar-refractivity contribution in [1.29, 1.82) is 0 Å². The van der Waals surface area contributed by atoms with Crippen LogP contribution in [-0.2, 0) is 57.6 Å². The maximum atomic E-state index is 12.0. The number of hydrogen-bond acceptors (Lipinski definition) is 13. The molecule has 0 saturated carbocycles. The van der Waals surface area contributed by atoms with Crippen LogP contribution in [0.3, 0.4) is 0 Å². The van der Waals surface area contributed by atoms with E-state index in [2.05, 4.69) is 13.2 Å². The molecule has 0 bridgehead atoms. The highest BCUT2D eigenvalue weighted by Gasteiger charge is 2.23. The van der Waals surface area contributed by atoms with Crippen molar-refractivity contribution in [3.63, 3.8) is 0 Å². The van der Waals surface area contributed by atoms with Gasteiger partial charge >= 0.3 is 18.1 Å². The predicted octanol–water partition coefficient (Wildman–Crippen LogP) is 4.25. The Morgan fingerprint density at radius 2 is 0.868 bits per heavy atom. The zero-order valence-corrected chi connectivity index (χ0v) is 23.9.